The molecule has 0 bridgehead atoms. The van der Waals surface area contributed by atoms with Crippen LogP contribution in [-0.4, -0.2) is 12.2 Å². The van der Waals surface area contributed by atoms with Crippen LogP contribution in [0, 0.1) is 0 Å². The number of hydrogen-bond donors (Lipinski definition) is 2. The van der Waals surface area contributed by atoms with Crippen LogP contribution in [0.2, 0.25) is 0 Å². The van der Waals surface area contributed by atoms with E-state index in [2.05, 4.69) is 10.8 Å². The van der Waals surface area contributed by atoms with Gasteiger partial charge in [-0.15, -0.1) is 0 Å². The maximum Gasteiger partial charge on any atom is 0.417 e. The number of nitrogens with two attached hydrogens (primary N) is 1. The Morgan fingerprint density at radius 3 is 2.20 bits per heavy atom. The monoisotopic (exact) mass is 299 g/mol. The third-order valence-corrected chi connectivity index (χ3v) is 2.06. The summed E-state index contributed by atoms with van der Waals surface area (Å²) in [6.07, 6.45) is -9.36. The summed E-state index contributed by atoms with van der Waals surface area (Å²) in [5, 5.41) is 3.08. The molecule has 3 N–H and O–H groups in total. The average molecular weight is 299 g/mol. The minimum atomic E-state index is -5.00. The number of nitrogens with one attached hydrogen (secondary N) is 1. The molecule has 20 heavy (non-hydrogen) atoms. The molecule has 4 nitrogen and oxygen atoms in total. The Labute approximate surface area is 108 Å². The number of nitrogens with zero attached hydrogens (tertiary/aromatic N) is 1. The molecule has 0 radical (unpaired) electrons. The van der Waals surface area contributed by atoms with Crippen LogP contribution < -0.4 is 11.2 Å². The summed E-state index contributed by atoms with van der Waals surface area (Å²) in [5.74, 6) is 0. The number of urea groups is 1. The molecule has 10 heteroatoms. The first kappa shape index (κ1) is 15.8. The van der Waals surface area contributed by atoms with Gasteiger partial charge in [0.05, 0.1) is 17.3 Å². The van der Waals surface area contributed by atoms with Crippen molar-refractivity contribution in [3.63, 3.8) is 0 Å². The van der Waals surface area contributed by atoms with E-state index < -0.39 is 35.1 Å². The smallest absolute Gasteiger partial charge is 0.350 e. The van der Waals surface area contributed by atoms with Crippen LogP contribution in [0.5, 0.6) is 0 Å². The Bertz CT molecular complexity index is 535. The van der Waals surface area contributed by atoms with E-state index in [0.29, 0.717) is 18.3 Å². The Morgan fingerprint density at radius 2 is 1.75 bits per heavy atom. The molecule has 0 heterocycles. The van der Waals surface area contributed by atoms with Crippen molar-refractivity contribution < 1.29 is 31.1 Å². The summed E-state index contributed by atoms with van der Waals surface area (Å²) in [6, 6.07) is -0.0914. The second kappa shape index (κ2) is 5.39. The molecule has 0 aliphatic rings. The highest BCUT2D eigenvalue weighted by atomic mass is 19.4. The van der Waals surface area contributed by atoms with Gasteiger partial charge in [0, 0.05) is 5.56 Å². The van der Waals surface area contributed by atoms with Gasteiger partial charge in [0.25, 0.3) is 0 Å². The second-order valence-corrected chi connectivity index (χ2v) is 3.53. The molecular weight excluding hydrogens is 292 g/mol. The SMILES string of the molecule is NC(=O)NN=Cc1ccc(C(F)(F)F)cc1C(F)(F)F. The molecule has 1 rings (SSSR count). The molecule has 0 unspecified atom stereocenters. The Balaban J connectivity index is 3.25. The van der Waals surface area contributed by atoms with E-state index in [4.69, 9.17) is 0 Å². The quantitative estimate of drug-likeness (QED) is 0.492. The van der Waals surface area contributed by atoms with Crippen LogP contribution >= 0.6 is 0 Å². The maximum absolute atomic E-state index is 12.7. The van der Waals surface area contributed by atoms with Crippen molar-refractivity contribution in [1.29, 1.82) is 0 Å². The van der Waals surface area contributed by atoms with Crippen molar-refractivity contribution in [2.45, 2.75) is 12.4 Å². The zero-order chi connectivity index (χ0) is 15.6. The normalized spacial score (nSPS) is 12.7. The average Bonchev–Trinajstić information content (AvgIpc) is 2.25. The van der Waals surface area contributed by atoms with Gasteiger partial charge in [-0.1, -0.05) is 6.07 Å². The lowest BCUT2D eigenvalue weighted by Gasteiger charge is -2.13. The lowest BCUT2D eigenvalue weighted by molar-refractivity contribution is -0.143. The molecule has 1 aromatic carbocycles. The number of halogens is 6. The highest BCUT2D eigenvalue weighted by molar-refractivity contribution is 5.83. The Morgan fingerprint density at radius 1 is 1.15 bits per heavy atom. The summed E-state index contributed by atoms with van der Waals surface area (Å²) < 4.78 is 75.1. The summed E-state index contributed by atoms with van der Waals surface area (Å²) in [4.78, 5) is 10.3. The van der Waals surface area contributed by atoms with Crippen LogP contribution in [0.25, 0.3) is 0 Å². The molecular formula is C10H7F6N3O. The van der Waals surface area contributed by atoms with Gasteiger partial charge in [-0.25, -0.2) is 10.2 Å². The van der Waals surface area contributed by atoms with Crippen molar-refractivity contribution in [2.24, 2.45) is 10.8 Å². The summed E-state index contributed by atoms with van der Waals surface area (Å²) in [5.41, 5.74) is 2.66. The van der Waals surface area contributed by atoms with Gasteiger partial charge in [-0.05, 0) is 12.1 Å². The lowest BCUT2D eigenvalue weighted by atomic mass is 10.0. The zero-order valence-electron chi connectivity index (χ0n) is 9.51. The van der Waals surface area contributed by atoms with Crippen LogP contribution in [-0.2, 0) is 12.4 Å². The Hall–Kier alpha value is -2.26. The largest absolute Gasteiger partial charge is 0.417 e. The number of alkyl halides is 6. The minimum absolute atomic E-state index is 0.0361. The van der Waals surface area contributed by atoms with E-state index in [1.807, 2.05) is 0 Å². The molecule has 2 amide bonds. The van der Waals surface area contributed by atoms with Crippen LogP contribution in [0.4, 0.5) is 31.1 Å². The topological polar surface area (TPSA) is 67.5 Å². The number of hydrazone groups is 1. The number of carbonyl (C=O) groups excluding carboxylic acids is 1. The molecule has 0 fully saturated rings. The fourth-order valence-electron chi connectivity index (χ4n) is 1.26. The summed E-state index contributed by atoms with van der Waals surface area (Å²) in [7, 11) is 0. The molecule has 0 atom stereocenters. The molecule has 1 aromatic rings. The fourth-order valence-corrected chi connectivity index (χ4v) is 1.26. The van der Waals surface area contributed by atoms with Gasteiger partial charge in [-0.3, -0.25) is 0 Å². The van der Waals surface area contributed by atoms with Crippen molar-refractivity contribution in [3.8, 4) is 0 Å². The van der Waals surface area contributed by atoms with E-state index in [-0.39, 0.29) is 6.07 Å². The number of amides is 2. The minimum Gasteiger partial charge on any atom is -0.350 e. The van der Waals surface area contributed by atoms with Crippen molar-refractivity contribution in [3.05, 3.63) is 34.9 Å². The van der Waals surface area contributed by atoms with E-state index in [9.17, 15) is 31.1 Å². The van der Waals surface area contributed by atoms with Crippen LogP contribution in [0.15, 0.2) is 23.3 Å². The van der Waals surface area contributed by atoms with Gasteiger partial charge >= 0.3 is 18.4 Å². The van der Waals surface area contributed by atoms with Crippen molar-refractivity contribution >= 4 is 12.2 Å². The molecule has 0 saturated heterocycles. The number of benzene rings is 1. The van der Waals surface area contributed by atoms with Gasteiger partial charge in [0.15, 0.2) is 0 Å². The first-order valence-corrected chi connectivity index (χ1v) is 4.89. The molecule has 0 saturated carbocycles. The molecule has 0 aliphatic heterocycles. The van der Waals surface area contributed by atoms with Gasteiger partial charge in [0.1, 0.15) is 0 Å². The zero-order valence-corrected chi connectivity index (χ0v) is 9.51. The van der Waals surface area contributed by atoms with Gasteiger partial charge < -0.3 is 5.73 Å². The number of rotatable bonds is 2. The highest BCUT2D eigenvalue weighted by Gasteiger charge is 2.37. The number of hydrogen-bond acceptors (Lipinski definition) is 2. The van der Waals surface area contributed by atoms with E-state index in [0.717, 1.165) is 0 Å². The fraction of sp³-hybridized carbons (Fsp3) is 0.200. The van der Waals surface area contributed by atoms with E-state index in [1.165, 1.54) is 0 Å². The lowest BCUT2D eigenvalue weighted by Crippen LogP contribution is -2.24. The van der Waals surface area contributed by atoms with Crippen LogP contribution in [0.1, 0.15) is 16.7 Å². The van der Waals surface area contributed by atoms with Gasteiger partial charge in [-0.2, -0.15) is 31.4 Å². The number of primary amides is 1. The molecule has 0 aromatic heterocycles. The molecule has 0 spiro atoms. The third-order valence-electron chi connectivity index (χ3n) is 2.06. The highest BCUT2D eigenvalue weighted by Crippen LogP contribution is 2.36. The van der Waals surface area contributed by atoms with E-state index >= 15 is 0 Å². The first-order valence-electron chi connectivity index (χ1n) is 4.89. The Kier molecular flexibility index (Phi) is 4.26. The number of carbonyl (C=O) groups is 1. The van der Waals surface area contributed by atoms with E-state index in [1.54, 1.807) is 5.43 Å². The predicted octanol–water partition coefficient (Wildman–Crippen LogP) is 2.73. The first-order chi connectivity index (χ1) is 9.01. The maximum atomic E-state index is 12.7. The second-order valence-electron chi connectivity index (χ2n) is 3.53. The van der Waals surface area contributed by atoms with Crippen LogP contribution in [0.3, 0.4) is 0 Å². The third kappa shape index (κ3) is 4.14. The molecule has 0 aliphatic carbocycles. The van der Waals surface area contributed by atoms with Crippen molar-refractivity contribution in [2.75, 3.05) is 0 Å². The standard InChI is InChI=1S/C10H7F6N3O/c11-9(12,13)6-2-1-5(4-18-19-8(17)20)7(3-6)10(14,15)16/h1-4H,(H3,17,19,20). The molecule has 110 valence electrons. The predicted molar refractivity (Wildman–Crippen MR) is 56.8 cm³/mol. The summed E-state index contributed by atoms with van der Waals surface area (Å²) in [6.45, 7) is 0. The summed E-state index contributed by atoms with van der Waals surface area (Å²) >= 11 is 0. The van der Waals surface area contributed by atoms with Gasteiger partial charge in [0.2, 0.25) is 0 Å². The van der Waals surface area contributed by atoms with Crippen molar-refractivity contribution in [1.82, 2.24) is 5.43 Å².